The van der Waals surface area contributed by atoms with Gasteiger partial charge in [0, 0.05) is 12.0 Å². The largest absolute Gasteiger partial charge is 0.494 e. The van der Waals surface area contributed by atoms with Gasteiger partial charge in [-0.05, 0) is 24.6 Å². The van der Waals surface area contributed by atoms with Crippen molar-refractivity contribution in [2.45, 2.75) is 45.4 Å². The Morgan fingerprint density at radius 2 is 2.00 bits per heavy atom. The van der Waals surface area contributed by atoms with E-state index in [0.717, 1.165) is 24.3 Å². The van der Waals surface area contributed by atoms with Gasteiger partial charge in [-0.25, -0.2) is 0 Å². The molecule has 0 atom stereocenters. The van der Waals surface area contributed by atoms with Crippen molar-refractivity contribution in [1.29, 1.82) is 0 Å². The molecule has 0 heterocycles. The number of hydrogen-bond donors (Lipinski definition) is 1. The van der Waals surface area contributed by atoms with Crippen LogP contribution in [0.3, 0.4) is 0 Å². The molecule has 1 aromatic carbocycles. The molecule has 1 N–H and O–H groups in total. The molecule has 0 amide bonds. The second-order valence-corrected chi connectivity index (χ2v) is 4.57. The Morgan fingerprint density at radius 3 is 2.79 bits per heavy atom. The third-order valence-electron chi connectivity index (χ3n) is 2.82. The Balaban J connectivity index is 2.30. The second-order valence-electron chi connectivity index (χ2n) is 4.57. The van der Waals surface area contributed by atoms with E-state index in [0.29, 0.717) is 6.42 Å². The lowest BCUT2D eigenvalue weighted by atomic mass is 10.2. The lowest BCUT2D eigenvalue weighted by Crippen LogP contribution is -1.97. The SMILES string of the molecule is CCCCCCCOc1cccc(C#CCCO)c1. The highest BCUT2D eigenvalue weighted by Crippen LogP contribution is 2.13. The standard InChI is InChI=1S/C17H24O2/c1-2-3-4-5-8-14-19-17-12-9-11-16(15-17)10-6-7-13-18/h9,11-12,15,18H,2-5,7-8,13-14H2,1H3. The summed E-state index contributed by atoms with van der Waals surface area (Å²) >= 11 is 0. The predicted molar refractivity (Wildman–Crippen MR) is 79.3 cm³/mol. The van der Waals surface area contributed by atoms with Gasteiger partial charge in [-0.2, -0.15) is 0 Å². The van der Waals surface area contributed by atoms with Crippen molar-refractivity contribution >= 4 is 0 Å². The first-order valence-electron chi connectivity index (χ1n) is 7.19. The molecule has 0 aromatic heterocycles. The van der Waals surface area contributed by atoms with Gasteiger partial charge >= 0.3 is 0 Å². The van der Waals surface area contributed by atoms with Crippen molar-refractivity contribution in [2.24, 2.45) is 0 Å². The molecule has 0 aliphatic heterocycles. The predicted octanol–water partition coefficient (Wildman–Crippen LogP) is 3.77. The Morgan fingerprint density at radius 1 is 1.16 bits per heavy atom. The second kappa shape index (κ2) is 10.5. The van der Waals surface area contributed by atoms with Crippen molar-refractivity contribution in [2.75, 3.05) is 13.2 Å². The van der Waals surface area contributed by atoms with Crippen LogP contribution in [-0.4, -0.2) is 18.3 Å². The number of rotatable bonds is 8. The number of hydrogen-bond acceptors (Lipinski definition) is 2. The first-order valence-corrected chi connectivity index (χ1v) is 7.19. The van der Waals surface area contributed by atoms with Crippen LogP contribution in [0.25, 0.3) is 0 Å². The molecule has 1 aromatic rings. The molecule has 0 aliphatic carbocycles. The minimum absolute atomic E-state index is 0.112. The normalized spacial score (nSPS) is 9.79. The average molecular weight is 260 g/mol. The van der Waals surface area contributed by atoms with Crippen molar-refractivity contribution in [3.8, 4) is 17.6 Å². The molecule has 0 unspecified atom stereocenters. The van der Waals surface area contributed by atoms with E-state index < -0.39 is 0 Å². The summed E-state index contributed by atoms with van der Waals surface area (Å²) in [5, 5.41) is 8.68. The van der Waals surface area contributed by atoms with Crippen LogP contribution in [0.5, 0.6) is 5.75 Å². The Bertz CT molecular complexity index is 401. The van der Waals surface area contributed by atoms with Crippen LogP contribution in [0.4, 0.5) is 0 Å². The quantitative estimate of drug-likeness (QED) is 0.569. The zero-order valence-corrected chi connectivity index (χ0v) is 11.8. The maximum Gasteiger partial charge on any atom is 0.120 e. The third-order valence-corrected chi connectivity index (χ3v) is 2.82. The first-order chi connectivity index (χ1) is 9.36. The molecule has 0 fully saturated rings. The Hall–Kier alpha value is -1.46. The number of benzene rings is 1. The highest BCUT2D eigenvalue weighted by molar-refractivity contribution is 5.39. The number of aliphatic hydroxyl groups is 1. The topological polar surface area (TPSA) is 29.5 Å². The van der Waals surface area contributed by atoms with E-state index in [2.05, 4.69) is 18.8 Å². The van der Waals surface area contributed by atoms with Crippen LogP contribution in [-0.2, 0) is 0 Å². The summed E-state index contributed by atoms with van der Waals surface area (Å²) in [5.41, 5.74) is 0.942. The number of ether oxygens (including phenoxy) is 1. The van der Waals surface area contributed by atoms with Crippen LogP contribution >= 0.6 is 0 Å². The van der Waals surface area contributed by atoms with Gasteiger partial charge in [0.15, 0.2) is 0 Å². The summed E-state index contributed by atoms with van der Waals surface area (Å²) in [5.74, 6) is 6.81. The van der Waals surface area contributed by atoms with E-state index in [4.69, 9.17) is 9.84 Å². The summed E-state index contributed by atoms with van der Waals surface area (Å²) in [7, 11) is 0. The van der Waals surface area contributed by atoms with E-state index in [9.17, 15) is 0 Å². The Labute approximate surface area is 116 Å². The molecule has 0 bridgehead atoms. The van der Waals surface area contributed by atoms with Gasteiger partial charge in [-0.3, -0.25) is 0 Å². The van der Waals surface area contributed by atoms with E-state index >= 15 is 0 Å². The van der Waals surface area contributed by atoms with Gasteiger partial charge in [-0.15, -0.1) is 0 Å². The zero-order valence-electron chi connectivity index (χ0n) is 11.8. The van der Waals surface area contributed by atoms with Crippen LogP contribution in [0.15, 0.2) is 24.3 Å². The molecule has 0 radical (unpaired) electrons. The van der Waals surface area contributed by atoms with Crippen LogP contribution in [0.1, 0.15) is 51.0 Å². The summed E-state index contributed by atoms with van der Waals surface area (Å²) in [4.78, 5) is 0. The molecule has 0 saturated heterocycles. The molecule has 0 saturated carbocycles. The smallest absolute Gasteiger partial charge is 0.120 e. The fourth-order valence-corrected chi connectivity index (χ4v) is 1.78. The molecule has 0 spiro atoms. The summed E-state index contributed by atoms with van der Waals surface area (Å²) in [6.45, 7) is 3.11. The lowest BCUT2D eigenvalue weighted by Gasteiger charge is -2.06. The van der Waals surface area contributed by atoms with Crippen LogP contribution < -0.4 is 4.74 Å². The highest BCUT2D eigenvalue weighted by Gasteiger charge is 1.95. The molecule has 0 aliphatic rings. The van der Waals surface area contributed by atoms with Gasteiger partial charge in [0.05, 0.1) is 13.2 Å². The molecular weight excluding hydrogens is 236 g/mol. The van der Waals surface area contributed by atoms with Gasteiger partial charge < -0.3 is 9.84 Å². The van der Waals surface area contributed by atoms with Gasteiger partial charge in [0.2, 0.25) is 0 Å². The van der Waals surface area contributed by atoms with Gasteiger partial charge in [0.25, 0.3) is 0 Å². The third kappa shape index (κ3) is 7.54. The fourth-order valence-electron chi connectivity index (χ4n) is 1.78. The maximum atomic E-state index is 8.68. The molecule has 2 heteroatoms. The minimum Gasteiger partial charge on any atom is -0.494 e. The molecule has 2 nitrogen and oxygen atoms in total. The molecule has 19 heavy (non-hydrogen) atoms. The van der Waals surface area contributed by atoms with Gasteiger partial charge in [0.1, 0.15) is 5.75 Å². The minimum atomic E-state index is 0.112. The highest BCUT2D eigenvalue weighted by atomic mass is 16.5. The molecular formula is C17H24O2. The number of aliphatic hydroxyl groups excluding tert-OH is 1. The van der Waals surface area contributed by atoms with Crippen molar-refractivity contribution in [3.05, 3.63) is 29.8 Å². The zero-order chi connectivity index (χ0) is 13.8. The summed E-state index contributed by atoms with van der Waals surface area (Å²) in [6.07, 6.45) is 6.75. The monoisotopic (exact) mass is 260 g/mol. The Kier molecular flexibility index (Phi) is 8.59. The van der Waals surface area contributed by atoms with E-state index in [1.54, 1.807) is 0 Å². The van der Waals surface area contributed by atoms with Crippen molar-refractivity contribution in [3.63, 3.8) is 0 Å². The van der Waals surface area contributed by atoms with Crippen LogP contribution in [0, 0.1) is 11.8 Å². The maximum absolute atomic E-state index is 8.68. The van der Waals surface area contributed by atoms with Crippen molar-refractivity contribution < 1.29 is 9.84 Å². The first kappa shape index (κ1) is 15.6. The van der Waals surface area contributed by atoms with Gasteiger partial charge in [-0.1, -0.05) is 50.5 Å². The summed E-state index contributed by atoms with van der Waals surface area (Å²) < 4.78 is 5.72. The van der Waals surface area contributed by atoms with Crippen LogP contribution in [0.2, 0.25) is 0 Å². The summed E-state index contributed by atoms with van der Waals surface area (Å²) in [6, 6.07) is 7.83. The lowest BCUT2D eigenvalue weighted by molar-refractivity contribution is 0.304. The van der Waals surface area contributed by atoms with Crippen molar-refractivity contribution in [1.82, 2.24) is 0 Å². The fraction of sp³-hybridized carbons (Fsp3) is 0.529. The van der Waals surface area contributed by atoms with E-state index in [1.165, 1.54) is 25.7 Å². The van der Waals surface area contributed by atoms with E-state index in [1.807, 2.05) is 24.3 Å². The molecule has 1 rings (SSSR count). The molecule has 104 valence electrons. The average Bonchev–Trinajstić information content (AvgIpc) is 2.43. The number of unbranched alkanes of at least 4 members (excludes halogenated alkanes) is 4. The van der Waals surface area contributed by atoms with E-state index in [-0.39, 0.29) is 6.61 Å².